The van der Waals surface area contributed by atoms with Gasteiger partial charge in [-0.1, -0.05) is 0 Å². The van der Waals surface area contributed by atoms with Crippen molar-refractivity contribution in [2.75, 3.05) is 5.32 Å². The van der Waals surface area contributed by atoms with Gasteiger partial charge in [-0.25, -0.2) is 4.98 Å². The number of anilines is 2. The van der Waals surface area contributed by atoms with Crippen molar-refractivity contribution in [3.8, 4) is 0 Å². The molecule has 0 bridgehead atoms. The molecule has 0 aliphatic heterocycles. The van der Waals surface area contributed by atoms with E-state index in [4.69, 9.17) is 5.73 Å². The van der Waals surface area contributed by atoms with Crippen LogP contribution >= 0.6 is 11.3 Å². The van der Waals surface area contributed by atoms with E-state index in [1.54, 1.807) is 17.8 Å². The van der Waals surface area contributed by atoms with Crippen LogP contribution in [0, 0.1) is 0 Å². The molecule has 0 saturated carbocycles. The number of hydrogen-bond donors (Lipinski definition) is 2. The maximum atomic E-state index is 10.8. The summed E-state index contributed by atoms with van der Waals surface area (Å²) in [6.45, 7) is 0. The normalized spacial score (nSPS) is 9.87. The van der Waals surface area contributed by atoms with Crippen LogP contribution in [0.5, 0.6) is 0 Å². The summed E-state index contributed by atoms with van der Waals surface area (Å²) < 4.78 is 0. The van der Waals surface area contributed by atoms with E-state index in [9.17, 15) is 4.79 Å². The molecule has 3 N–H and O–H groups in total. The van der Waals surface area contributed by atoms with Gasteiger partial charge in [0.2, 0.25) is 0 Å². The lowest BCUT2D eigenvalue weighted by Crippen LogP contribution is -2.11. The number of nitrogens with two attached hydrogens (primary N) is 1. The number of hydrogen-bond acceptors (Lipinski definition) is 5. The zero-order chi connectivity index (χ0) is 10.7. The number of amides is 1. The Bertz CT molecular complexity index is 468. The topological polar surface area (TPSA) is 80.9 Å². The number of nitrogens with zero attached hydrogens (tertiary/aromatic N) is 2. The molecule has 0 aromatic carbocycles. The fourth-order valence-corrected chi connectivity index (χ4v) is 1.72. The third-order valence-corrected chi connectivity index (χ3v) is 2.43. The molecular weight excluding hydrogens is 212 g/mol. The van der Waals surface area contributed by atoms with Gasteiger partial charge in [-0.05, 0) is 12.1 Å². The lowest BCUT2D eigenvalue weighted by atomic mass is 10.4. The van der Waals surface area contributed by atoms with Gasteiger partial charge >= 0.3 is 0 Å². The molecule has 0 radical (unpaired) electrons. The summed E-state index contributed by atoms with van der Waals surface area (Å²) in [6.07, 6.45) is 3.35. The van der Waals surface area contributed by atoms with Crippen LogP contribution in [0.15, 0.2) is 29.9 Å². The van der Waals surface area contributed by atoms with Crippen LogP contribution in [0.25, 0.3) is 0 Å². The van der Waals surface area contributed by atoms with Crippen molar-refractivity contribution in [1.29, 1.82) is 0 Å². The Labute approximate surface area is 90.0 Å². The Morgan fingerprint density at radius 2 is 2.40 bits per heavy atom. The smallest absolute Gasteiger partial charge is 0.268 e. The molecule has 2 heterocycles. The Hall–Kier alpha value is -1.95. The van der Waals surface area contributed by atoms with Crippen LogP contribution in [-0.2, 0) is 0 Å². The minimum absolute atomic E-state index is 0.270. The van der Waals surface area contributed by atoms with Gasteiger partial charge in [0, 0.05) is 11.6 Å². The minimum Gasteiger partial charge on any atom is -0.364 e. The van der Waals surface area contributed by atoms with Crippen molar-refractivity contribution in [2.24, 2.45) is 5.73 Å². The van der Waals surface area contributed by atoms with Crippen molar-refractivity contribution in [1.82, 2.24) is 9.97 Å². The van der Waals surface area contributed by atoms with Gasteiger partial charge < -0.3 is 11.1 Å². The SMILES string of the molecule is NC(=O)c1csc(Nc2cccnc2)n1. The first-order chi connectivity index (χ1) is 7.25. The number of aromatic nitrogens is 2. The number of carbonyl (C=O) groups excluding carboxylic acids is 1. The van der Waals surface area contributed by atoms with E-state index in [0.717, 1.165) is 5.69 Å². The van der Waals surface area contributed by atoms with E-state index in [0.29, 0.717) is 5.13 Å². The molecule has 0 spiro atoms. The lowest BCUT2D eigenvalue weighted by molar-refractivity contribution is 0.0996. The zero-order valence-electron chi connectivity index (χ0n) is 7.68. The van der Waals surface area contributed by atoms with Gasteiger partial charge in [-0.3, -0.25) is 9.78 Å². The van der Waals surface area contributed by atoms with Gasteiger partial charge in [-0.2, -0.15) is 0 Å². The average molecular weight is 220 g/mol. The Morgan fingerprint density at radius 1 is 1.53 bits per heavy atom. The molecule has 6 heteroatoms. The van der Waals surface area contributed by atoms with Gasteiger partial charge in [-0.15, -0.1) is 11.3 Å². The first-order valence-corrected chi connectivity index (χ1v) is 5.06. The van der Waals surface area contributed by atoms with Crippen LogP contribution in [0.1, 0.15) is 10.5 Å². The molecule has 0 saturated heterocycles. The van der Waals surface area contributed by atoms with E-state index < -0.39 is 5.91 Å². The third kappa shape index (κ3) is 2.29. The first-order valence-electron chi connectivity index (χ1n) is 4.18. The molecule has 0 aliphatic carbocycles. The Morgan fingerprint density at radius 3 is 3.00 bits per heavy atom. The van der Waals surface area contributed by atoms with Gasteiger partial charge in [0.05, 0.1) is 11.9 Å². The molecule has 2 rings (SSSR count). The molecule has 76 valence electrons. The van der Waals surface area contributed by atoms with Crippen molar-refractivity contribution >= 4 is 28.1 Å². The quantitative estimate of drug-likeness (QED) is 0.818. The molecule has 2 aromatic heterocycles. The molecule has 0 aliphatic rings. The highest BCUT2D eigenvalue weighted by Gasteiger charge is 2.06. The molecule has 5 nitrogen and oxygen atoms in total. The fourth-order valence-electron chi connectivity index (χ4n) is 1.00. The van der Waals surface area contributed by atoms with E-state index in [1.165, 1.54) is 11.3 Å². The average Bonchev–Trinajstić information content (AvgIpc) is 2.68. The monoisotopic (exact) mass is 220 g/mol. The highest BCUT2D eigenvalue weighted by molar-refractivity contribution is 7.14. The summed E-state index contributed by atoms with van der Waals surface area (Å²) in [5, 5.41) is 5.25. The highest BCUT2D eigenvalue weighted by Crippen LogP contribution is 2.19. The number of nitrogens with one attached hydrogen (secondary N) is 1. The summed E-state index contributed by atoms with van der Waals surface area (Å²) in [5.41, 5.74) is 6.18. The number of carbonyl (C=O) groups is 1. The van der Waals surface area contributed by atoms with E-state index in [1.807, 2.05) is 12.1 Å². The van der Waals surface area contributed by atoms with E-state index in [2.05, 4.69) is 15.3 Å². The molecule has 0 fully saturated rings. The summed E-state index contributed by atoms with van der Waals surface area (Å²) in [5.74, 6) is -0.523. The summed E-state index contributed by atoms with van der Waals surface area (Å²) in [4.78, 5) is 18.7. The van der Waals surface area contributed by atoms with Crippen LogP contribution in [0.4, 0.5) is 10.8 Å². The zero-order valence-corrected chi connectivity index (χ0v) is 8.49. The Kier molecular flexibility index (Phi) is 2.59. The molecule has 1 amide bonds. The minimum atomic E-state index is -0.523. The standard InChI is InChI=1S/C9H8N4OS/c10-8(14)7-5-15-9(13-7)12-6-2-1-3-11-4-6/h1-5H,(H2,10,14)(H,12,13). The number of thiazole rings is 1. The van der Waals surface area contributed by atoms with Crippen LogP contribution in [0.2, 0.25) is 0 Å². The predicted molar refractivity (Wildman–Crippen MR) is 58.2 cm³/mol. The maximum absolute atomic E-state index is 10.8. The van der Waals surface area contributed by atoms with Crippen LogP contribution in [-0.4, -0.2) is 15.9 Å². The van der Waals surface area contributed by atoms with Crippen molar-refractivity contribution < 1.29 is 4.79 Å². The largest absolute Gasteiger partial charge is 0.364 e. The summed E-state index contributed by atoms with van der Waals surface area (Å²) in [6, 6.07) is 3.67. The first kappa shape index (κ1) is 9.60. The molecule has 2 aromatic rings. The Balaban J connectivity index is 2.15. The van der Waals surface area contributed by atoms with Crippen molar-refractivity contribution in [2.45, 2.75) is 0 Å². The molecular formula is C9H8N4OS. The number of rotatable bonds is 3. The third-order valence-electron chi connectivity index (χ3n) is 1.67. The summed E-state index contributed by atoms with van der Waals surface area (Å²) in [7, 11) is 0. The predicted octanol–water partition coefficient (Wildman–Crippen LogP) is 1.38. The highest BCUT2D eigenvalue weighted by atomic mass is 32.1. The van der Waals surface area contributed by atoms with Crippen LogP contribution < -0.4 is 11.1 Å². The van der Waals surface area contributed by atoms with E-state index in [-0.39, 0.29) is 5.69 Å². The second-order valence-electron chi connectivity index (χ2n) is 2.77. The number of pyridine rings is 1. The second kappa shape index (κ2) is 4.05. The van der Waals surface area contributed by atoms with Crippen molar-refractivity contribution in [3.63, 3.8) is 0 Å². The number of primary amides is 1. The van der Waals surface area contributed by atoms with Gasteiger partial charge in [0.25, 0.3) is 5.91 Å². The van der Waals surface area contributed by atoms with E-state index >= 15 is 0 Å². The van der Waals surface area contributed by atoms with Crippen LogP contribution in [0.3, 0.4) is 0 Å². The molecule has 0 unspecified atom stereocenters. The second-order valence-corrected chi connectivity index (χ2v) is 3.63. The van der Waals surface area contributed by atoms with Crippen molar-refractivity contribution in [3.05, 3.63) is 35.6 Å². The molecule has 15 heavy (non-hydrogen) atoms. The van der Waals surface area contributed by atoms with Gasteiger partial charge in [0.1, 0.15) is 5.69 Å². The van der Waals surface area contributed by atoms with Gasteiger partial charge in [0.15, 0.2) is 5.13 Å². The fraction of sp³-hybridized carbons (Fsp3) is 0. The maximum Gasteiger partial charge on any atom is 0.268 e. The molecule has 0 atom stereocenters. The lowest BCUT2D eigenvalue weighted by Gasteiger charge is -1.99. The summed E-state index contributed by atoms with van der Waals surface area (Å²) >= 11 is 1.32.